The molecule has 1 aromatic carbocycles. The molecular weight excluding hydrogens is 294 g/mol. The first-order chi connectivity index (χ1) is 9.37. The van der Waals surface area contributed by atoms with Gasteiger partial charge in [0, 0.05) is 11.9 Å². The number of nitrogens with one attached hydrogen (secondary N) is 1. The van der Waals surface area contributed by atoms with Crippen LogP contribution in [0.4, 0.5) is 5.13 Å². The number of hydrogen-bond donors (Lipinski definition) is 1. The van der Waals surface area contributed by atoms with Crippen molar-refractivity contribution in [3.8, 4) is 0 Å². The Morgan fingerprint density at radius 1 is 1.25 bits per heavy atom. The third-order valence-corrected chi connectivity index (χ3v) is 4.87. The predicted molar refractivity (Wildman–Crippen MR) is 81.5 cm³/mol. The Kier molecular flexibility index (Phi) is 4.42. The zero-order valence-electron chi connectivity index (χ0n) is 11.6. The number of aromatic nitrogens is 1. The number of anilines is 1. The molecule has 0 aliphatic carbocycles. The molecule has 0 spiro atoms. The van der Waals surface area contributed by atoms with Crippen LogP contribution in [0.15, 0.2) is 34.5 Å². The standard InChI is InChI=1S/C13H17N3O2S2/c1-10-4-6-12(7-5-10)20(17,18)15-13-14-11(9-19-13)8-16(2)3/h4-7,9H,8H2,1-3H3,(H,14,15). The van der Waals surface area contributed by atoms with Gasteiger partial charge in [-0.15, -0.1) is 11.3 Å². The largest absolute Gasteiger partial charge is 0.304 e. The van der Waals surface area contributed by atoms with E-state index in [2.05, 4.69) is 9.71 Å². The molecule has 20 heavy (non-hydrogen) atoms. The number of thiazole rings is 1. The summed E-state index contributed by atoms with van der Waals surface area (Å²) in [6.07, 6.45) is 0. The predicted octanol–water partition coefficient (Wildman–Crippen LogP) is 2.31. The van der Waals surface area contributed by atoms with Crippen LogP contribution >= 0.6 is 11.3 Å². The molecule has 7 heteroatoms. The summed E-state index contributed by atoms with van der Waals surface area (Å²) in [7, 11) is 0.319. The van der Waals surface area contributed by atoms with Crippen LogP contribution in [0.1, 0.15) is 11.3 Å². The third kappa shape index (κ3) is 3.78. The fourth-order valence-electron chi connectivity index (χ4n) is 1.64. The molecule has 1 heterocycles. The molecular formula is C13H17N3O2S2. The van der Waals surface area contributed by atoms with Crippen molar-refractivity contribution in [3.05, 3.63) is 40.9 Å². The molecule has 0 aliphatic heterocycles. The minimum atomic E-state index is -3.56. The topological polar surface area (TPSA) is 62.3 Å². The summed E-state index contributed by atoms with van der Waals surface area (Å²) in [5, 5.41) is 2.25. The van der Waals surface area contributed by atoms with Gasteiger partial charge in [-0.3, -0.25) is 4.72 Å². The van der Waals surface area contributed by atoms with Gasteiger partial charge in [0.25, 0.3) is 10.0 Å². The van der Waals surface area contributed by atoms with Gasteiger partial charge in [-0.25, -0.2) is 13.4 Å². The molecule has 2 rings (SSSR count). The van der Waals surface area contributed by atoms with Crippen molar-refractivity contribution in [1.29, 1.82) is 0 Å². The van der Waals surface area contributed by atoms with Crippen molar-refractivity contribution in [1.82, 2.24) is 9.88 Å². The first-order valence-electron chi connectivity index (χ1n) is 6.05. The molecule has 0 saturated carbocycles. The van der Waals surface area contributed by atoms with Crippen LogP contribution in [0, 0.1) is 6.92 Å². The van der Waals surface area contributed by atoms with Crippen molar-refractivity contribution >= 4 is 26.5 Å². The van der Waals surface area contributed by atoms with Gasteiger partial charge in [0.15, 0.2) is 5.13 Å². The van der Waals surface area contributed by atoms with E-state index >= 15 is 0 Å². The monoisotopic (exact) mass is 311 g/mol. The van der Waals surface area contributed by atoms with Gasteiger partial charge in [0.2, 0.25) is 0 Å². The lowest BCUT2D eigenvalue weighted by atomic mass is 10.2. The van der Waals surface area contributed by atoms with Gasteiger partial charge in [0.05, 0.1) is 10.6 Å². The zero-order chi connectivity index (χ0) is 14.8. The van der Waals surface area contributed by atoms with E-state index in [-0.39, 0.29) is 4.90 Å². The van der Waals surface area contributed by atoms with E-state index in [0.717, 1.165) is 11.3 Å². The number of nitrogens with zero attached hydrogens (tertiary/aromatic N) is 2. The smallest absolute Gasteiger partial charge is 0.263 e. The first-order valence-corrected chi connectivity index (χ1v) is 8.42. The summed E-state index contributed by atoms with van der Waals surface area (Å²) in [6.45, 7) is 2.60. The minimum absolute atomic E-state index is 0.243. The Balaban J connectivity index is 2.16. The van der Waals surface area contributed by atoms with Crippen molar-refractivity contribution in [3.63, 3.8) is 0 Å². The Morgan fingerprint density at radius 3 is 2.50 bits per heavy atom. The highest BCUT2D eigenvalue weighted by Crippen LogP contribution is 2.20. The SMILES string of the molecule is Cc1ccc(S(=O)(=O)Nc2nc(CN(C)C)cs2)cc1. The maximum Gasteiger partial charge on any atom is 0.263 e. The van der Waals surface area contributed by atoms with Gasteiger partial charge >= 0.3 is 0 Å². The zero-order valence-corrected chi connectivity index (χ0v) is 13.3. The Labute approximate surface area is 123 Å². The highest BCUT2D eigenvalue weighted by molar-refractivity contribution is 7.93. The third-order valence-electron chi connectivity index (χ3n) is 2.58. The molecule has 5 nitrogen and oxygen atoms in total. The van der Waals surface area contributed by atoms with Crippen molar-refractivity contribution in [2.24, 2.45) is 0 Å². The van der Waals surface area contributed by atoms with Crippen LogP contribution < -0.4 is 4.72 Å². The molecule has 0 aliphatic rings. The Hall–Kier alpha value is -1.44. The van der Waals surface area contributed by atoms with Gasteiger partial charge in [0.1, 0.15) is 0 Å². The van der Waals surface area contributed by atoms with E-state index in [1.807, 2.05) is 31.3 Å². The highest BCUT2D eigenvalue weighted by atomic mass is 32.2. The van der Waals surface area contributed by atoms with Crippen molar-refractivity contribution < 1.29 is 8.42 Å². The number of rotatable bonds is 5. The lowest BCUT2D eigenvalue weighted by Crippen LogP contribution is -2.13. The van der Waals surface area contributed by atoms with Crippen LogP contribution in [0.25, 0.3) is 0 Å². The first kappa shape index (κ1) is 15.0. The van der Waals surface area contributed by atoms with E-state index in [1.165, 1.54) is 11.3 Å². The molecule has 1 aromatic heterocycles. The minimum Gasteiger partial charge on any atom is -0.304 e. The van der Waals surface area contributed by atoms with Gasteiger partial charge in [-0.05, 0) is 33.2 Å². The maximum absolute atomic E-state index is 12.2. The summed E-state index contributed by atoms with van der Waals surface area (Å²) in [4.78, 5) is 6.49. The van der Waals surface area contributed by atoms with Gasteiger partial charge in [-0.2, -0.15) is 0 Å². The summed E-state index contributed by atoms with van der Waals surface area (Å²) in [5.74, 6) is 0. The highest BCUT2D eigenvalue weighted by Gasteiger charge is 2.15. The number of aryl methyl sites for hydroxylation is 1. The lowest BCUT2D eigenvalue weighted by molar-refractivity contribution is 0.398. The molecule has 0 bridgehead atoms. The lowest BCUT2D eigenvalue weighted by Gasteiger charge is -2.06. The van der Waals surface area contributed by atoms with E-state index in [1.54, 1.807) is 24.3 Å². The average molecular weight is 311 g/mol. The second-order valence-electron chi connectivity index (χ2n) is 4.80. The number of hydrogen-bond acceptors (Lipinski definition) is 5. The fraction of sp³-hybridized carbons (Fsp3) is 0.308. The van der Waals surface area contributed by atoms with Crippen LogP contribution in [0.5, 0.6) is 0 Å². The molecule has 0 radical (unpaired) electrons. The molecule has 0 saturated heterocycles. The van der Waals surface area contributed by atoms with Crippen molar-refractivity contribution in [2.45, 2.75) is 18.4 Å². The Bertz CT molecular complexity index is 676. The molecule has 0 atom stereocenters. The summed E-state index contributed by atoms with van der Waals surface area (Å²) >= 11 is 1.29. The summed E-state index contributed by atoms with van der Waals surface area (Å²) in [6, 6.07) is 6.72. The second-order valence-corrected chi connectivity index (χ2v) is 7.34. The van der Waals surface area contributed by atoms with Crippen LogP contribution in [0.3, 0.4) is 0 Å². The molecule has 1 N–H and O–H groups in total. The maximum atomic E-state index is 12.2. The van der Waals surface area contributed by atoms with E-state index < -0.39 is 10.0 Å². The quantitative estimate of drug-likeness (QED) is 0.920. The number of sulfonamides is 1. The summed E-state index contributed by atoms with van der Waals surface area (Å²) in [5.41, 5.74) is 1.87. The molecule has 108 valence electrons. The summed E-state index contributed by atoms with van der Waals surface area (Å²) < 4.78 is 26.9. The molecule has 0 unspecified atom stereocenters. The van der Waals surface area contributed by atoms with Gasteiger partial charge < -0.3 is 4.90 Å². The van der Waals surface area contributed by atoms with Crippen LogP contribution in [-0.2, 0) is 16.6 Å². The van der Waals surface area contributed by atoms with Crippen molar-refractivity contribution in [2.75, 3.05) is 18.8 Å². The Morgan fingerprint density at radius 2 is 1.90 bits per heavy atom. The molecule has 0 fully saturated rings. The fourth-order valence-corrected chi connectivity index (χ4v) is 3.60. The van der Waals surface area contributed by atoms with Crippen LogP contribution in [-0.4, -0.2) is 32.4 Å². The van der Waals surface area contributed by atoms with E-state index in [0.29, 0.717) is 11.7 Å². The molecule has 2 aromatic rings. The van der Waals surface area contributed by atoms with E-state index in [4.69, 9.17) is 0 Å². The second kappa shape index (κ2) is 5.90. The number of benzene rings is 1. The van der Waals surface area contributed by atoms with Crippen LogP contribution in [0.2, 0.25) is 0 Å². The average Bonchev–Trinajstić information content (AvgIpc) is 2.75. The van der Waals surface area contributed by atoms with Gasteiger partial charge in [-0.1, -0.05) is 17.7 Å². The van der Waals surface area contributed by atoms with E-state index in [9.17, 15) is 8.42 Å². The normalized spacial score (nSPS) is 11.8. The molecule has 0 amide bonds.